The molecule has 0 aromatic rings. The summed E-state index contributed by atoms with van der Waals surface area (Å²) in [6.45, 7) is 3.64. The standard InChI is InChI=1S/C9H21N3O3S/c1-11(6-3-9-15-2)16(13,14)12-7-4-10-5-8-12/h10H,3-9H2,1-2H3. The normalized spacial score (nSPS) is 19.2. The Balaban J connectivity index is 2.47. The van der Waals surface area contributed by atoms with E-state index in [1.165, 1.54) is 8.61 Å². The molecule has 0 amide bonds. The fourth-order valence-electron chi connectivity index (χ4n) is 1.62. The quantitative estimate of drug-likeness (QED) is 0.622. The molecule has 1 aliphatic heterocycles. The predicted octanol–water partition coefficient (Wildman–Crippen LogP) is -0.895. The van der Waals surface area contributed by atoms with Crippen LogP contribution >= 0.6 is 0 Å². The Morgan fingerprint density at radius 1 is 1.38 bits per heavy atom. The van der Waals surface area contributed by atoms with E-state index < -0.39 is 10.2 Å². The van der Waals surface area contributed by atoms with Crippen LogP contribution in [0, 0.1) is 0 Å². The Labute approximate surface area is 97.7 Å². The Morgan fingerprint density at radius 2 is 2.00 bits per heavy atom. The van der Waals surface area contributed by atoms with Gasteiger partial charge in [0.05, 0.1) is 0 Å². The lowest BCUT2D eigenvalue weighted by Gasteiger charge is -2.30. The topological polar surface area (TPSA) is 61.9 Å². The van der Waals surface area contributed by atoms with Gasteiger partial charge in [-0.1, -0.05) is 0 Å². The molecule has 0 bridgehead atoms. The molecule has 1 heterocycles. The van der Waals surface area contributed by atoms with Gasteiger partial charge in [0.15, 0.2) is 0 Å². The van der Waals surface area contributed by atoms with Gasteiger partial charge in [-0.25, -0.2) is 0 Å². The van der Waals surface area contributed by atoms with Crippen molar-refractivity contribution in [3.8, 4) is 0 Å². The first-order valence-electron chi connectivity index (χ1n) is 5.50. The summed E-state index contributed by atoms with van der Waals surface area (Å²) in [7, 11) is -0.0374. The largest absolute Gasteiger partial charge is 0.385 e. The summed E-state index contributed by atoms with van der Waals surface area (Å²) in [5, 5.41) is 3.13. The molecule has 7 heteroatoms. The maximum Gasteiger partial charge on any atom is 0.281 e. The molecule has 0 radical (unpaired) electrons. The molecule has 1 rings (SSSR count). The second-order valence-electron chi connectivity index (χ2n) is 3.82. The maximum absolute atomic E-state index is 12.1. The predicted molar refractivity (Wildman–Crippen MR) is 62.5 cm³/mol. The highest BCUT2D eigenvalue weighted by molar-refractivity contribution is 7.86. The average Bonchev–Trinajstić information content (AvgIpc) is 2.30. The molecule has 16 heavy (non-hydrogen) atoms. The second kappa shape index (κ2) is 6.51. The van der Waals surface area contributed by atoms with Crippen molar-refractivity contribution in [2.75, 3.05) is 53.5 Å². The van der Waals surface area contributed by atoms with Crippen molar-refractivity contribution in [2.45, 2.75) is 6.42 Å². The van der Waals surface area contributed by atoms with E-state index in [2.05, 4.69) is 5.32 Å². The summed E-state index contributed by atoms with van der Waals surface area (Å²) >= 11 is 0. The van der Waals surface area contributed by atoms with Crippen LogP contribution in [-0.4, -0.2) is 70.5 Å². The number of hydrogen-bond donors (Lipinski definition) is 1. The van der Waals surface area contributed by atoms with Crippen molar-refractivity contribution in [1.82, 2.24) is 13.9 Å². The van der Waals surface area contributed by atoms with Crippen LogP contribution in [-0.2, 0) is 14.9 Å². The summed E-state index contributed by atoms with van der Waals surface area (Å²) in [5.41, 5.74) is 0. The average molecular weight is 251 g/mol. The van der Waals surface area contributed by atoms with Crippen LogP contribution in [0.2, 0.25) is 0 Å². The van der Waals surface area contributed by atoms with Gasteiger partial charge in [0.25, 0.3) is 10.2 Å². The van der Waals surface area contributed by atoms with E-state index in [4.69, 9.17) is 4.74 Å². The number of nitrogens with zero attached hydrogens (tertiary/aromatic N) is 2. The van der Waals surface area contributed by atoms with E-state index in [0.717, 1.165) is 19.5 Å². The molecule has 0 atom stereocenters. The van der Waals surface area contributed by atoms with E-state index in [1.807, 2.05) is 0 Å². The number of methoxy groups -OCH3 is 1. The summed E-state index contributed by atoms with van der Waals surface area (Å²) in [6.07, 6.45) is 0.721. The molecule has 0 aliphatic carbocycles. The first-order valence-corrected chi connectivity index (χ1v) is 6.90. The Hall–Kier alpha value is -0.210. The van der Waals surface area contributed by atoms with Gasteiger partial charge in [-0.3, -0.25) is 0 Å². The lowest BCUT2D eigenvalue weighted by atomic mass is 10.4. The van der Waals surface area contributed by atoms with E-state index in [-0.39, 0.29) is 0 Å². The smallest absolute Gasteiger partial charge is 0.281 e. The minimum absolute atomic E-state index is 0.500. The number of nitrogens with one attached hydrogen (secondary N) is 1. The molecule has 6 nitrogen and oxygen atoms in total. The van der Waals surface area contributed by atoms with Crippen LogP contribution in [0.3, 0.4) is 0 Å². The molecular formula is C9H21N3O3S. The highest BCUT2D eigenvalue weighted by Crippen LogP contribution is 2.07. The van der Waals surface area contributed by atoms with E-state index in [0.29, 0.717) is 26.2 Å². The Morgan fingerprint density at radius 3 is 2.56 bits per heavy atom. The lowest BCUT2D eigenvalue weighted by molar-refractivity contribution is 0.188. The van der Waals surface area contributed by atoms with Crippen LogP contribution in [0.15, 0.2) is 0 Å². The number of piperazine rings is 1. The fourth-order valence-corrected chi connectivity index (χ4v) is 3.02. The molecule has 1 fully saturated rings. The van der Waals surface area contributed by atoms with Gasteiger partial charge in [-0.05, 0) is 6.42 Å². The monoisotopic (exact) mass is 251 g/mol. The van der Waals surface area contributed by atoms with E-state index >= 15 is 0 Å². The van der Waals surface area contributed by atoms with E-state index in [9.17, 15) is 8.42 Å². The number of hydrogen-bond acceptors (Lipinski definition) is 4. The molecular weight excluding hydrogens is 230 g/mol. The molecule has 0 aromatic carbocycles. The van der Waals surface area contributed by atoms with Crippen molar-refractivity contribution < 1.29 is 13.2 Å². The summed E-state index contributed by atoms with van der Waals surface area (Å²) < 4.78 is 32.0. The van der Waals surface area contributed by atoms with Crippen LogP contribution in [0.25, 0.3) is 0 Å². The number of ether oxygens (including phenoxy) is 1. The molecule has 0 saturated carbocycles. The van der Waals surface area contributed by atoms with Crippen molar-refractivity contribution in [3.63, 3.8) is 0 Å². The minimum Gasteiger partial charge on any atom is -0.385 e. The van der Waals surface area contributed by atoms with Crippen LogP contribution < -0.4 is 5.32 Å². The fraction of sp³-hybridized carbons (Fsp3) is 1.00. The Kier molecular flexibility index (Phi) is 5.63. The zero-order chi connectivity index (χ0) is 12.0. The highest BCUT2D eigenvalue weighted by Gasteiger charge is 2.27. The summed E-state index contributed by atoms with van der Waals surface area (Å²) in [6, 6.07) is 0. The van der Waals surface area contributed by atoms with Crippen molar-refractivity contribution in [1.29, 1.82) is 0 Å². The van der Waals surface area contributed by atoms with Gasteiger partial charge in [0.2, 0.25) is 0 Å². The zero-order valence-electron chi connectivity index (χ0n) is 9.98. The SMILES string of the molecule is COCCCN(C)S(=O)(=O)N1CCNCC1. The van der Waals surface area contributed by atoms with Gasteiger partial charge in [0, 0.05) is 53.5 Å². The first kappa shape index (κ1) is 13.9. The molecule has 0 spiro atoms. The highest BCUT2D eigenvalue weighted by atomic mass is 32.2. The van der Waals surface area contributed by atoms with Crippen molar-refractivity contribution >= 4 is 10.2 Å². The van der Waals surface area contributed by atoms with Crippen LogP contribution in [0.4, 0.5) is 0 Å². The molecule has 0 aromatic heterocycles. The lowest BCUT2D eigenvalue weighted by Crippen LogP contribution is -2.51. The number of rotatable bonds is 6. The minimum atomic E-state index is -3.27. The third-order valence-electron chi connectivity index (χ3n) is 2.62. The molecule has 1 saturated heterocycles. The molecule has 1 aliphatic rings. The molecule has 0 unspecified atom stereocenters. The van der Waals surface area contributed by atoms with Gasteiger partial charge < -0.3 is 10.1 Å². The van der Waals surface area contributed by atoms with Gasteiger partial charge >= 0.3 is 0 Å². The van der Waals surface area contributed by atoms with E-state index in [1.54, 1.807) is 14.2 Å². The van der Waals surface area contributed by atoms with Crippen LogP contribution in [0.1, 0.15) is 6.42 Å². The van der Waals surface area contributed by atoms with Crippen molar-refractivity contribution in [3.05, 3.63) is 0 Å². The van der Waals surface area contributed by atoms with Crippen molar-refractivity contribution in [2.24, 2.45) is 0 Å². The van der Waals surface area contributed by atoms with Gasteiger partial charge in [0.1, 0.15) is 0 Å². The maximum atomic E-state index is 12.1. The third kappa shape index (κ3) is 3.67. The second-order valence-corrected chi connectivity index (χ2v) is 5.86. The van der Waals surface area contributed by atoms with Gasteiger partial charge in [-0.15, -0.1) is 0 Å². The third-order valence-corrected chi connectivity index (χ3v) is 4.61. The van der Waals surface area contributed by atoms with Crippen LogP contribution in [0.5, 0.6) is 0 Å². The molecule has 1 N–H and O–H groups in total. The molecule has 96 valence electrons. The zero-order valence-corrected chi connectivity index (χ0v) is 10.8. The summed E-state index contributed by atoms with van der Waals surface area (Å²) in [5.74, 6) is 0. The summed E-state index contributed by atoms with van der Waals surface area (Å²) in [4.78, 5) is 0. The Bertz CT molecular complexity index is 288. The van der Waals surface area contributed by atoms with Gasteiger partial charge in [-0.2, -0.15) is 17.0 Å². The first-order chi connectivity index (χ1) is 7.59.